The van der Waals surface area contributed by atoms with Crippen LogP contribution in [0.3, 0.4) is 0 Å². The molecule has 4 nitrogen and oxygen atoms in total. The van der Waals surface area contributed by atoms with Gasteiger partial charge in [-0.2, -0.15) is 0 Å². The second-order valence-corrected chi connectivity index (χ2v) is 1.76. The van der Waals surface area contributed by atoms with Crippen LogP contribution in [0, 0.1) is 0 Å². The van der Waals surface area contributed by atoms with Gasteiger partial charge in [0.2, 0.25) is 0 Å². The van der Waals surface area contributed by atoms with Crippen molar-refractivity contribution in [2.45, 2.75) is 12.4 Å². The monoisotopic (exact) mass is 131 g/mol. The first-order valence-electron chi connectivity index (χ1n) is 2.59. The first kappa shape index (κ1) is 6.38. The Balaban J connectivity index is 2.31. The average Bonchev–Trinajstić information content (AvgIpc) is 2.47. The number of ether oxygens (including phenoxy) is 2. The van der Waals surface area contributed by atoms with E-state index in [-0.39, 0.29) is 12.0 Å². The molecule has 1 rings (SSSR count). The number of hydrogen-bond acceptors (Lipinski definition) is 4. The van der Waals surface area contributed by atoms with Gasteiger partial charge in [-0.3, -0.25) is 0 Å². The van der Waals surface area contributed by atoms with Gasteiger partial charge in [0, 0.05) is 6.08 Å². The number of rotatable bonds is 2. The third-order valence-corrected chi connectivity index (χ3v) is 1.07. The van der Waals surface area contributed by atoms with Crippen LogP contribution in [0.2, 0.25) is 0 Å². The third-order valence-electron chi connectivity index (χ3n) is 1.07. The van der Waals surface area contributed by atoms with Gasteiger partial charge < -0.3 is 20.3 Å². The zero-order valence-corrected chi connectivity index (χ0v) is 5.07. The minimum Gasteiger partial charge on any atom is -0.483 e. The molecule has 2 unspecified atom stereocenters. The predicted octanol–water partition coefficient (Wildman–Crippen LogP) is -0.850. The Kier molecular flexibility index (Phi) is 1.59. The van der Waals surface area contributed by atoms with Crippen LogP contribution in [-0.2, 0) is 9.47 Å². The van der Waals surface area contributed by atoms with Gasteiger partial charge in [-0.15, -0.1) is 0 Å². The van der Waals surface area contributed by atoms with Crippen LogP contribution in [0.5, 0.6) is 0 Å². The maximum Gasteiger partial charge on any atom is 0.186 e. The van der Waals surface area contributed by atoms with Crippen molar-refractivity contribution in [2.75, 3.05) is 7.11 Å². The number of methoxy groups -OCH3 is 1. The van der Waals surface area contributed by atoms with Gasteiger partial charge in [0.15, 0.2) is 12.2 Å². The summed E-state index contributed by atoms with van der Waals surface area (Å²) < 4.78 is 9.21. The van der Waals surface area contributed by atoms with Gasteiger partial charge in [-0.25, -0.2) is 0 Å². The summed E-state index contributed by atoms with van der Waals surface area (Å²) in [6, 6.07) is 0. The molecule has 1 fully saturated rings. The normalized spacial score (nSPS) is 34.2. The van der Waals surface area contributed by atoms with E-state index in [1.807, 2.05) is 0 Å². The zero-order chi connectivity index (χ0) is 6.85. The summed E-state index contributed by atoms with van der Waals surface area (Å²) in [5.74, 6) is 0.275. The van der Waals surface area contributed by atoms with Crippen LogP contribution < -0.4 is 5.73 Å². The van der Waals surface area contributed by atoms with Crippen molar-refractivity contribution in [1.29, 1.82) is 0 Å². The fourth-order valence-corrected chi connectivity index (χ4v) is 0.467. The molecular weight excluding hydrogens is 122 g/mol. The van der Waals surface area contributed by atoms with Crippen LogP contribution >= 0.6 is 0 Å². The van der Waals surface area contributed by atoms with Gasteiger partial charge in [0.1, 0.15) is 6.10 Å². The van der Waals surface area contributed by atoms with E-state index in [0.29, 0.717) is 0 Å². The summed E-state index contributed by atoms with van der Waals surface area (Å²) in [7, 11) is 1.46. The van der Waals surface area contributed by atoms with E-state index in [1.54, 1.807) is 0 Å². The van der Waals surface area contributed by atoms with Crippen molar-refractivity contribution in [3.63, 3.8) is 0 Å². The molecule has 2 atom stereocenters. The zero-order valence-electron chi connectivity index (χ0n) is 5.07. The standard InChI is InChI=1S/C5H9NO3/c1-8-4(6)2-3-5(7)9-3/h2-3,5,7H,6H2,1H3/b4-2-. The fraction of sp³-hybridized carbons (Fsp3) is 0.600. The van der Waals surface area contributed by atoms with Crippen molar-refractivity contribution in [3.8, 4) is 0 Å². The Labute approximate surface area is 52.9 Å². The van der Waals surface area contributed by atoms with Gasteiger partial charge in [-0.05, 0) is 0 Å². The highest BCUT2D eigenvalue weighted by Crippen LogP contribution is 2.20. The van der Waals surface area contributed by atoms with Crippen LogP contribution in [0.15, 0.2) is 12.0 Å². The molecule has 1 aliphatic rings. The van der Waals surface area contributed by atoms with Crippen LogP contribution in [0.1, 0.15) is 0 Å². The number of hydrogen-bond donors (Lipinski definition) is 2. The molecule has 52 valence electrons. The highest BCUT2D eigenvalue weighted by Gasteiger charge is 2.35. The number of nitrogens with two attached hydrogens (primary N) is 1. The van der Waals surface area contributed by atoms with Crippen molar-refractivity contribution in [1.82, 2.24) is 0 Å². The van der Waals surface area contributed by atoms with E-state index < -0.39 is 6.29 Å². The largest absolute Gasteiger partial charge is 0.483 e. The molecule has 0 amide bonds. The average molecular weight is 131 g/mol. The molecule has 0 aromatic rings. The summed E-state index contributed by atoms with van der Waals surface area (Å²) >= 11 is 0. The lowest BCUT2D eigenvalue weighted by Crippen LogP contribution is -2.01. The maximum absolute atomic E-state index is 8.59. The van der Waals surface area contributed by atoms with Gasteiger partial charge in [0.25, 0.3) is 0 Å². The van der Waals surface area contributed by atoms with E-state index in [0.717, 1.165) is 0 Å². The van der Waals surface area contributed by atoms with Gasteiger partial charge in [0.05, 0.1) is 7.11 Å². The van der Waals surface area contributed by atoms with Crippen LogP contribution in [0.4, 0.5) is 0 Å². The van der Waals surface area contributed by atoms with Crippen molar-refractivity contribution >= 4 is 0 Å². The Morgan fingerprint density at radius 3 is 2.78 bits per heavy atom. The van der Waals surface area contributed by atoms with E-state index in [4.69, 9.17) is 10.8 Å². The SMILES string of the molecule is CO/C(N)=C\C1OC1O. The first-order valence-corrected chi connectivity index (χ1v) is 2.59. The second-order valence-electron chi connectivity index (χ2n) is 1.76. The molecule has 9 heavy (non-hydrogen) atoms. The number of aliphatic hydroxyl groups is 1. The lowest BCUT2D eigenvalue weighted by molar-refractivity contribution is 0.156. The van der Waals surface area contributed by atoms with E-state index in [1.165, 1.54) is 13.2 Å². The molecule has 0 saturated carbocycles. The van der Waals surface area contributed by atoms with Crippen molar-refractivity contribution in [3.05, 3.63) is 12.0 Å². The molecule has 4 heteroatoms. The summed E-state index contributed by atoms with van der Waals surface area (Å²) in [6.07, 6.45) is 0.577. The summed E-state index contributed by atoms with van der Waals surface area (Å²) in [4.78, 5) is 0. The Morgan fingerprint density at radius 2 is 2.44 bits per heavy atom. The van der Waals surface area contributed by atoms with Crippen molar-refractivity contribution < 1.29 is 14.6 Å². The topological polar surface area (TPSA) is 68.0 Å². The van der Waals surface area contributed by atoms with Gasteiger partial charge >= 0.3 is 0 Å². The summed E-state index contributed by atoms with van der Waals surface area (Å²) in [5, 5.41) is 8.59. The Hall–Kier alpha value is -0.740. The molecule has 0 aromatic carbocycles. The third kappa shape index (κ3) is 1.58. The second kappa shape index (κ2) is 2.24. The van der Waals surface area contributed by atoms with Gasteiger partial charge in [-0.1, -0.05) is 0 Å². The Morgan fingerprint density at radius 1 is 1.89 bits per heavy atom. The van der Waals surface area contributed by atoms with E-state index >= 15 is 0 Å². The molecule has 0 aliphatic carbocycles. The smallest absolute Gasteiger partial charge is 0.186 e. The first-order chi connectivity index (χ1) is 4.24. The molecule has 0 radical (unpaired) electrons. The molecule has 1 aliphatic heterocycles. The lowest BCUT2D eigenvalue weighted by Gasteiger charge is -1.93. The molecular formula is C5H9NO3. The fourth-order valence-electron chi connectivity index (χ4n) is 0.467. The number of epoxide rings is 1. The lowest BCUT2D eigenvalue weighted by atomic mass is 10.4. The van der Waals surface area contributed by atoms with E-state index in [2.05, 4.69) is 9.47 Å². The molecule has 0 spiro atoms. The molecule has 0 aromatic heterocycles. The molecule has 3 N–H and O–H groups in total. The number of aliphatic hydroxyl groups excluding tert-OH is 1. The minimum atomic E-state index is -0.682. The van der Waals surface area contributed by atoms with Crippen molar-refractivity contribution in [2.24, 2.45) is 5.73 Å². The summed E-state index contributed by atoms with van der Waals surface area (Å²) in [5.41, 5.74) is 5.22. The van der Waals surface area contributed by atoms with Crippen LogP contribution in [-0.4, -0.2) is 24.6 Å². The molecule has 1 saturated heterocycles. The maximum atomic E-state index is 8.59. The molecule has 0 bridgehead atoms. The highest BCUT2D eigenvalue weighted by molar-refractivity contribution is 5.00. The predicted molar refractivity (Wildman–Crippen MR) is 30.2 cm³/mol. The Bertz CT molecular complexity index is 134. The minimum absolute atomic E-state index is 0.259. The molecule has 1 heterocycles. The van der Waals surface area contributed by atoms with Crippen LogP contribution in [0.25, 0.3) is 0 Å². The quantitative estimate of drug-likeness (QED) is 0.378. The highest BCUT2D eigenvalue weighted by atomic mass is 16.7. The summed E-state index contributed by atoms with van der Waals surface area (Å²) in [6.45, 7) is 0. The van der Waals surface area contributed by atoms with E-state index in [9.17, 15) is 0 Å².